The molecule has 12 heavy (non-hydrogen) atoms. The van der Waals surface area contributed by atoms with Crippen molar-refractivity contribution in [2.24, 2.45) is 0 Å². The summed E-state index contributed by atoms with van der Waals surface area (Å²) in [5, 5.41) is 0. The van der Waals surface area contributed by atoms with Gasteiger partial charge in [0.2, 0.25) is 0 Å². The van der Waals surface area contributed by atoms with E-state index in [1.807, 2.05) is 7.05 Å². The Balaban J connectivity index is 2.75. The second-order valence-corrected chi connectivity index (χ2v) is 3.70. The molecule has 0 aliphatic rings. The van der Waals surface area contributed by atoms with Crippen LogP contribution in [0.3, 0.4) is 0 Å². The van der Waals surface area contributed by atoms with Crippen LogP contribution in [0.5, 0.6) is 0 Å². The van der Waals surface area contributed by atoms with E-state index >= 15 is 0 Å². The normalized spacial score (nSPS) is 9.83. The van der Waals surface area contributed by atoms with Crippen molar-refractivity contribution in [1.82, 2.24) is 4.72 Å². The van der Waals surface area contributed by atoms with E-state index in [0.29, 0.717) is 0 Å². The minimum atomic E-state index is 1.05. The highest BCUT2D eigenvalue weighted by molar-refractivity contribution is 8.06. The van der Waals surface area contributed by atoms with Gasteiger partial charge in [-0.05, 0) is 31.5 Å². The van der Waals surface area contributed by atoms with Crippen LogP contribution in [-0.4, -0.2) is 7.05 Å². The van der Waals surface area contributed by atoms with Crippen LogP contribution >= 0.6 is 11.9 Å². The smallest absolute Gasteiger partial charge is 0.0228 e. The van der Waals surface area contributed by atoms with Gasteiger partial charge < -0.3 is 0 Å². The van der Waals surface area contributed by atoms with Gasteiger partial charge in [-0.3, -0.25) is 4.72 Å². The van der Waals surface area contributed by atoms with E-state index in [2.05, 4.69) is 42.5 Å². The van der Waals surface area contributed by atoms with Crippen molar-refractivity contribution in [3.8, 4) is 0 Å². The summed E-state index contributed by atoms with van der Waals surface area (Å²) in [7, 11) is 1.89. The fraction of sp³-hybridized carbons (Fsp3) is 0.200. The molecule has 0 saturated carbocycles. The van der Waals surface area contributed by atoms with Crippen molar-refractivity contribution in [2.45, 2.75) is 6.92 Å². The average molecular weight is 179 g/mol. The van der Waals surface area contributed by atoms with Crippen LogP contribution in [0.1, 0.15) is 11.1 Å². The molecule has 1 N–H and O–H groups in total. The lowest BCUT2D eigenvalue weighted by molar-refractivity contribution is 1.31. The Morgan fingerprint density at radius 3 is 2.42 bits per heavy atom. The number of benzene rings is 1. The fourth-order valence-corrected chi connectivity index (χ4v) is 1.42. The number of hydrogen-bond acceptors (Lipinski definition) is 2. The van der Waals surface area contributed by atoms with Crippen LogP contribution in [0.15, 0.2) is 30.8 Å². The van der Waals surface area contributed by atoms with E-state index in [4.69, 9.17) is 0 Å². The van der Waals surface area contributed by atoms with Gasteiger partial charge in [0.05, 0.1) is 0 Å². The Morgan fingerprint density at radius 2 is 1.92 bits per heavy atom. The summed E-state index contributed by atoms with van der Waals surface area (Å²) in [6.45, 7) is 6.03. The zero-order valence-corrected chi connectivity index (χ0v) is 8.24. The van der Waals surface area contributed by atoms with Gasteiger partial charge in [0, 0.05) is 4.91 Å². The van der Waals surface area contributed by atoms with Crippen LogP contribution in [0.25, 0.3) is 4.91 Å². The quantitative estimate of drug-likeness (QED) is 0.716. The second-order valence-electron chi connectivity index (χ2n) is 2.60. The third-order valence-corrected chi connectivity index (χ3v) is 2.29. The molecule has 2 heteroatoms. The molecule has 1 nitrogen and oxygen atoms in total. The first-order valence-electron chi connectivity index (χ1n) is 3.83. The molecule has 1 aromatic carbocycles. The van der Waals surface area contributed by atoms with Gasteiger partial charge in [-0.2, -0.15) is 0 Å². The first-order chi connectivity index (χ1) is 5.74. The molecular formula is C10H13NS. The van der Waals surface area contributed by atoms with Gasteiger partial charge in [0.1, 0.15) is 0 Å². The summed E-state index contributed by atoms with van der Waals surface area (Å²) >= 11 is 1.55. The van der Waals surface area contributed by atoms with Crippen molar-refractivity contribution in [3.63, 3.8) is 0 Å². The van der Waals surface area contributed by atoms with Crippen molar-refractivity contribution in [3.05, 3.63) is 42.0 Å². The standard InChI is InChI=1S/C10H13NS/c1-8-4-6-10(7-5-8)9(2)12-11-3/h4-7,11H,2H2,1,3H3. The summed E-state index contributed by atoms with van der Waals surface area (Å²) < 4.78 is 3.00. The molecule has 0 unspecified atom stereocenters. The highest BCUT2D eigenvalue weighted by atomic mass is 32.2. The molecule has 0 aliphatic carbocycles. The van der Waals surface area contributed by atoms with Gasteiger partial charge in [-0.1, -0.05) is 36.4 Å². The molecule has 1 rings (SSSR count). The summed E-state index contributed by atoms with van der Waals surface area (Å²) in [5.41, 5.74) is 2.46. The van der Waals surface area contributed by atoms with E-state index in [-0.39, 0.29) is 0 Å². The number of hydrogen-bond donors (Lipinski definition) is 1. The van der Waals surface area contributed by atoms with E-state index in [1.54, 1.807) is 11.9 Å². The summed E-state index contributed by atoms with van der Waals surface area (Å²) in [5.74, 6) is 0. The first kappa shape index (κ1) is 9.36. The third-order valence-electron chi connectivity index (χ3n) is 1.60. The molecule has 0 fully saturated rings. The predicted molar refractivity (Wildman–Crippen MR) is 56.9 cm³/mol. The van der Waals surface area contributed by atoms with Gasteiger partial charge in [-0.15, -0.1) is 0 Å². The molecule has 0 radical (unpaired) electrons. The van der Waals surface area contributed by atoms with Crippen molar-refractivity contribution >= 4 is 16.9 Å². The molecule has 0 saturated heterocycles. The van der Waals surface area contributed by atoms with Gasteiger partial charge >= 0.3 is 0 Å². The molecule has 0 bridgehead atoms. The minimum absolute atomic E-state index is 1.05. The Hall–Kier alpha value is -0.730. The van der Waals surface area contributed by atoms with Crippen molar-refractivity contribution in [2.75, 3.05) is 7.05 Å². The summed E-state index contributed by atoms with van der Waals surface area (Å²) in [6, 6.07) is 8.36. The molecule has 0 heterocycles. The molecule has 0 aliphatic heterocycles. The van der Waals surface area contributed by atoms with Crippen LogP contribution < -0.4 is 4.72 Å². The van der Waals surface area contributed by atoms with E-state index in [9.17, 15) is 0 Å². The Labute approximate surface area is 78.0 Å². The van der Waals surface area contributed by atoms with Gasteiger partial charge in [0.15, 0.2) is 0 Å². The summed E-state index contributed by atoms with van der Waals surface area (Å²) in [6.07, 6.45) is 0. The average Bonchev–Trinajstić information content (AvgIpc) is 2.06. The minimum Gasteiger partial charge on any atom is -0.263 e. The maximum Gasteiger partial charge on any atom is 0.0228 e. The maximum absolute atomic E-state index is 3.94. The lowest BCUT2D eigenvalue weighted by Crippen LogP contribution is -1.91. The largest absolute Gasteiger partial charge is 0.263 e. The van der Waals surface area contributed by atoms with E-state index < -0.39 is 0 Å². The first-order valence-corrected chi connectivity index (χ1v) is 4.65. The van der Waals surface area contributed by atoms with Crippen LogP contribution in [0.4, 0.5) is 0 Å². The molecule has 0 atom stereocenters. The van der Waals surface area contributed by atoms with Crippen molar-refractivity contribution in [1.29, 1.82) is 0 Å². The summed E-state index contributed by atoms with van der Waals surface area (Å²) in [4.78, 5) is 1.05. The van der Waals surface area contributed by atoms with Crippen LogP contribution in [0.2, 0.25) is 0 Å². The zero-order valence-electron chi connectivity index (χ0n) is 7.42. The Kier molecular flexibility index (Phi) is 3.38. The predicted octanol–water partition coefficient (Wildman–Crippen LogP) is 2.83. The highest BCUT2D eigenvalue weighted by Crippen LogP contribution is 2.22. The number of rotatable bonds is 3. The van der Waals surface area contributed by atoms with Crippen molar-refractivity contribution < 1.29 is 0 Å². The van der Waals surface area contributed by atoms with Crippen LogP contribution in [-0.2, 0) is 0 Å². The molecule has 1 aromatic rings. The van der Waals surface area contributed by atoms with Crippen LogP contribution in [0, 0.1) is 6.92 Å². The zero-order chi connectivity index (χ0) is 8.97. The monoisotopic (exact) mass is 179 g/mol. The molecule has 0 amide bonds. The number of nitrogens with one attached hydrogen (secondary N) is 1. The molecule has 64 valence electrons. The SMILES string of the molecule is C=C(SNC)c1ccc(C)cc1. The molecule has 0 spiro atoms. The topological polar surface area (TPSA) is 12.0 Å². The lowest BCUT2D eigenvalue weighted by Gasteiger charge is -2.03. The Morgan fingerprint density at radius 1 is 1.33 bits per heavy atom. The number of aryl methyl sites for hydroxylation is 1. The fourth-order valence-electron chi connectivity index (χ4n) is 0.922. The lowest BCUT2D eigenvalue weighted by atomic mass is 10.1. The van der Waals surface area contributed by atoms with E-state index in [0.717, 1.165) is 4.91 Å². The third kappa shape index (κ3) is 2.40. The maximum atomic E-state index is 3.94. The highest BCUT2D eigenvalue weighted by Gasteiger charge is 1.96. The molecule has 0 aromatic heterocycles. The van der Waals surface area contributed by atoms with E-state index in [1.165, 1.54) is 11.1 Å². The Bertz CT molecular complexity index is 264. The second kappa shape index (κ2) is 4.33. The molecular weight excluding hydrogens is 166 g/mol. The van der Waals surface area contributed by atoms with Gasteiger partial charge in [-0.25, -0.2) is 0 Å². The van der Waals surface area contributed by atoms with Gasteiger partial charge in [0.25, 0.3) is 0 Å².